The highest BCUT2D eigenvalue weighted by atomic mass is 16.4. The van der Waals surface area contributed by atoms with Gasteiger partial charge in [-0.25, -0.2) is 4.79 Å². The fourth-order valence-corrected chi connectivity index (χ4v) is 2.67. The lowest BCUT2D eigenvalue weighted by molar-refractivity contribution is 0.201. The van der Waals surface area contributed by atoms with Crippen LogP contribution in [0.4, 0.5) is 10.5 Å². The van der Waals surface area contributed by atoms with Gasteiger partial charge in [0.05, 0.1) is 6.54 Å². The van der Waals surface area contributed by atoms with Crippen LogP contribution in [0.1, 0.15) is 16.7 Å². The Kier molecular flexibility index (Phi) is 3.88. The quantitative estimate of drug-likeness (QED) is 0.910. The highest BCUT2D eigenvalue weighted by Gasteiger charge is 2.17. The molecule has 3 rings (SSSR count). The van der Waals surface area contributed by atoms with Gasteiger partial charge in [-0.1, -0.05) is 36.4 Å². The van der Waals surface area contributed by atoms with E-state index in [4.69, 9.17) is 0 Å². The van der Waals surface area contributed by atoms with Crippen molar-refractivity contribution < 1.29 is 9.90 Å². The Bertz CT molecular complexity index is 640. The summed E-state index contributed by atoms with van der Waals surface area (Å²) in [6.45, 7) is 2.18. The largest absolute Gasteiger partial charge is 0.465 e. The molecule has 21 heavy (non-hydrogen) atoms. The standard InChI is InChI=1S/C17H18N2O2/c20-17(21)19(12-13-4-2-1-3-5-13)16-7-6-15-11-18-9-8-14(15)10-16/h1-7,10,18H,8-9,11-12H2,(H,20,21). The lowest BCUT2D eigenvalue weighted by Gasteiger charge is -2.23. The lowest BCUT2D eigenvalue weighted by atomic mass is 10.00. The smallest absolute Gasteiger partial charge is 0.412 e. The van der Waals surface area contributed by atoms with E-state index < -0.39 is 6.09 Å². The van der Waals surface area contributed by atoms with Gasteiger partial charge in [0, 0.05) is 12.2 Å². The van der Waals surface area contributed by atoms with Crippen LogP contribution in [0.2, 0.25) is 0 Å². The average molecular weight is 282 g/mol. The van der Waals surface area contributed by atoms with Crippen molar-refractivity contribution in [1.82, 2.24) is 5.32 Å². The van der Waals surface area contributed by atoms with Crippen molar-refractivity contribution in [3.63, 3.8) is 0 Å². The van der Waals surface area contributed by atoms with Crippen molar-refractivity contribution in [1.29, 1.82) is 0 Å². The van der Waals surface area contributed by atoms with Crippen molar-refractivity contribution >= 4 is 11.8 Å². The first kappa shape index (κ1) is 13.6. The van der Waals surface area contributed by atoms with E-state index in [9.17, 15) is 9.90 Å². The van der Waals surface area contributed by atoms with Crippen LogP contribution in [-0.4, -0.2) is 17.7 Å². The minimum Gasteiger partial charge on any atom is -0.465 e. The Hall–Kier alpha value is -2.33. The molecule has 2 N–H and O–H groups in total. The summed E-state index contributed by atoms with van der Waals surface area (Å²) in [7, 11) is 0. The Morgan fingerprint density at radius 1 is 1.14 bits per heavy atom. The second-order valence-corrected chi connectivity index (χ2v) is 5.23. The van der Waals surface area contributed by atoms with Crippen LogP contribution in [-0.2, 0) is 19.5 Å². The molecular weight excluding hydrogens is 264 g/mol. The lowest BCUT2D eigenvalue weighted by Crippen LogP contribution is -2.29. The second-order valence-electron chi connectivity index (χ2n) is 5.23. The maximum Gasteiger partial charge on any atom is 0.412 e. The van der Waals surface area contributed by atoms with E-state index >= 15 is 0 Å². The number of rotatable bonds is 3. The molecule has 4 heteroatoms. The number of benzene rings is 2. The van der Waals surface area contributed by atoms with Gasteiger partial charge in [0.1, 0.15) is 0 Å². The third kappa shape index (κ3) is 3.06. The summed E-state index contributed by atoms with van der Waals surface area (Å²) in [5.41, 5.74) is 4.23. The molecule has 0 bridgehead atoms. The van der Waals surface area contributed by atoms with Gasteiger partial charge in [0.25, 0.3) is 0 Å². The van der Waals surface area contributed by atoms with Crippen LogP contribution in [0, 0.1) is 0 Å². The van der Waals surface area contributed by atoms with Crippen molar-refractivity contribution in [3.05, 3.63) is 65.2 Å². The molecule has 1 aliphatic rings. The third-order valence-electron chi connectivity index (χ3n) is 3.80. The SMILES string of the molecule is O=C(O)N(Cc1ccccc1)c1ccc2c(c1)CCNC2. The van der Waals surface area contributed by atoms with Crippen LogP contribution in [0.15, 0.2) is 48.5 Å². The summed E-state index contributed by atoms with van der Waals surface area (Å²) in [6, 6.07) is 15.6. The van der Waals surface area contributed by atoms with Crippen molar-refractivity contribution in [2.24, 2.45) is 0 Å². The average Bonchev–Trinajstić information content (AvgIpc) is 2.53. The molecule has 0 spiro atoms. The van der Waals surface area contributed by atoms with E-state index in [-0.39, 0.29) is 0 Å². The van der Waals surface area contributed by atoms with Gasteiger partial charge < -0.3 is 10.4 Å². The van der Waals surface area contributed by atoms with Gasteiger partial charge in [-0.2, -0.15) is 0 Å². The number of hydrogen-bond acceptors (Lipinski definition) is 2. The predicted octanol–water partition coefficient (Wildman–Crippen LogP) is 3.02. The Morgan fingerprint density at radius 3 is 2.71 bits per heavy atom. The first-order valence-electron chi connectivity index (χ1n) is 7.11. The number of carbonyl (C=O) groups is 1. The van der Waals surface area contributed by atoms with Crippen LogP contribution in [0.25, 0.3) is 0 Å². The zero-order chi connectivity index (χ0) is 14.7. The number of anilines is 1. The molecule has 1 heterocycles. The first-order chi connectivity index (χ1) is 10.2. The summed E-state index contributed by atoms with van der Waals surface area (Å²) in [6.07, 6.45) is 0.0230. The van der Waals surface area contributed by atoms with E-state index in [1.807, 2.05) is 48.5 Å². The zero-order valence-corrected chi connectivity index (χ0v) is 11.7. The Labute approximate surface area is 124 Å². The van der Waals surface area contributed by atoms with E-state index in [1.54, 1.807) is 0 Å². The van der Waals surface area contributed by atoms with Crippen molar-refractivity contribution in [3.8, 4) is 0 Å². The number of carboxylic acid groups (broad SMARTS) is 1. The van der Waals surface area contributed by atoms with Gasteiger partial charge in [-0.15, -0.1) is 0 Å². The highest BCUT2D eigenvalue weighted by Crippen LogP contribution is 2.23. The number of nitrogens with one attached hydrogen (secondary N) is 1. The van der Waals surface area contributed by atoms with E-state index in [0.29, 0.717) is 6.54 Å². The zero-order valence-electron chi connectivity index (χ0n) is 11.7. The molecule has 4 nitrogen and oxygen atoms in total. The van der Waals surface area contributed by atoms with Gasteiger partial charge in [-0.05, 0) is 41.8 Å². The molecule has 2 aromatic rings. The molecule has 0 atom stereocenters. The fourth-order valence-electron chi connectivity index (χ4n) is 2.67. The van der Waals surface area contributed by atoms with Gasteiger partial charge in [0.2, 0.25) is 0 Å². The van der Waals surface area contributed by atoms with Crippen LogP contribution in [0.5, 0.6) is 0 Å². The fraction of sp³-hybridized carbons (Fsp3) is 0.235. The molecule has 2 aromatic carbocycles. The molecule has 0 aromatic heterocycles. The normalized spacial score (nSPS) is 13.5. The summed E-state index contributed by atoms with van der Waals surface area (Å²) in [5, 5.41) is 12.8. The second kappa shape index (κ2) is 5.97. The van der Waals surface area contributed by atoms with E-state index in [2.05, 4.69) is 5.32 Å². The number of nitrogens with zero attached hydrogens (tertiary/aromatic N) is 1. The molecule has 0 saturated carbocycles. The van der Waals surface area contributed by atoms with E-state index in [1.165, 1.54) is 16.0 Å². The first-order valence-corrected chi connectivity index (χ1v) is 7.11. The molecule has 0 aliphatic carbocycles. The van der Waals surface area contributed by atoms with Crippen LogP contribution in [0.3, 0.4) is 0 Å². The van der Waals surface area contributed by atoms with Crippen molar-refractivity contribution in [2.75, 3.05) is 11.4 Å². The van der Waals surface area contributed by atoms with Crippen molar-refractivity contribution in [2.45, 2.75) is 19.5 Å². The number of amides is 1. The summed E-state index contributed by atoms with van der Waals surface area (Å²) < 4.78 is 0. The molecule has 1 aliphatic heterocycles. The minimum atomic E-state index is -0.923. The molecule has 0 fully saturated rings. The third-order valence-corrected chi connectivity index (χ3v) is 3.80. The Balaban J connectivity index is 1.89. The molecule has 1 amide bonds. The summed E-state index contributed by atoms with van der Waals surface area (Å²) in [5.74, 6) is 0. The molecule has 0 radical (unpaired) electrons. The maximum atomic E-state index is 11.6. The van der Waals surface area contributed by atoms with Gasteiger partial charge >= 0.3 is 6.09 Å². The number of fused-ring (bicyclic) bond motifs is 1. The molecule has 108 valence electrons. The van der Waals surface area contributed by atoms with Gasteiger partial charge in [-0.3, -0.25) is 4.90 Å². The van der Waals surface area contributed by atoms with Crippen LogP contribution < -0.4 is 10.2 Å². The predicted molar refractivity (Wildman–Crippen MR) is 82.5 cm³/mol. The topological polar surface area (TPSA) is 52.6 Å². The summed E-state index contributed by atoms with van der Waals surface area (Å²) >= 11 is 0. The maximum absolute atomic E-state index is 11.6. The molecular formula is C17H18N2O2. The highest BCUT2D eigenvalue weighted by molar-refractivity contribution is 5.86. The van der Waals surface area contributed by atoms with E-state index in [0.717, 1.165) is 30.8 Å². The Morgan fingerprint density at radius 2 is 1.95 bits per heavy atom. The number of hydrogen-bond donors (Lipinski definition) is 2. The van der Waals surface area contributed by atoms with Crippen LogP contribution >= 0.6 is 0 Å². The monoisotopic (exact) mass is 282 g/mol. The minimum absolute atomic E-state index is 0.368. The molecule has 0 saturated heterocycles. The molecule has 0 unspecified atom stereocenters. The summed E-state index contributed by atoms with van der Waals surface area (Å²) in [4.78, 5) is 13.0. The van der Waals surface area contributed by atoms with Gasteiger partial charge in [0.15, 0.2) is 0 Å².